The first-order chi connectivity index (χ1) is 6.70. The van der Waals surface area contributed by atoms with Gasteiger partial charge in [-0.15, -0.1) is 0 Å². The zero-order chi connectivity index (χ0) is 10.6. The van der Waals surface area contributed by atoms with E-state index in [2.05, 4.69) is 0 Å². The molecule has 2 N–H and O–H groups in total. The van der Waals surface area contributed by atoms with Gasteiger partial charge in [0, 0.05) is 5.56 Å². The van der Waals surface area contributed by atoms with Gasteiger partial charge in [-0.1, -0.05) is 6.07 Å². The molecular formula is C11H16FNO. The van der Waals surface area contributed by atoms with Crippen LogP contribution in [0.4, 0.5) is 4.39 Å². The zero-order valence-electron chi connectivity index (χ0n) is 8.64. The Morgan fingerprint density at radius 1 is 1.43 bits per heavy atom. The van der Waals surface area contributed by atoms with Gasteiger partial charge in [0.1, 0.15) is 11.6 Å². The smallest absolute Gasteiger partial charge is 0.129 e. The summed E-state index contributed by atoms with van der Waals surface area (Å²) < 4.78 is 18.3. The molecule has 0 aliphatic rings. The van der Waals surface area contributed by atoms with Gasteiger partial charge in [0.05, 0.1) is 7.11 Å². The van der Waals surface area contributed by atoms with Gasteiger partial charge in [0.25, 0.3) is 0 Å². The van der Waals surface area contributed by atoms with Gasteiger partial charge in [-0.05, 0) is 37.9 Å². The van der Waals surface area contributed by atoms with E-state index in [4.69, 9.17) is 10.5 Å². The summed E-state index contributed by atoms with van der Waals surface area (Å²) in [6, 6.07) is 3.24. The third-order valence-electron chi connectivity index (χ3n) is 2.28. The van der Waals surface area contributed by atoms with Gasteiger partial charge in [-0.25, -0.2) is 4.39 Å². The molecule has 1 rings (SSSR count). The van der Waals surface area contributed by atoms with E-state index in [-0.39, 0.29) is 5.82 Å². The maximum atomic E-state index is 13.2. The summed E-state index contributed by atoms with van der Waals surface area (Å²) in [5.41, 5.74) is 7.02. The van der Waals surface area contributed by atoms with Crippen LogP contribution < -0.4 is 10.5 Å². The SMILES string of the molecule is COc1c(CCCN)ccc(F)c1C. The van der Waals surface area contributed by atoms with Gasteiger partial charge >= 0.3 is 0 Å². The average Bonchev–Trinajstić information content (AvgIpc) is 2.20. The molecule has 0 saturated heterocycles. The van der Waals surface area contributed by atoms with Crippen LogP contribution in [-0.4, -0.2) is 13.7 Å². The first-order valence-electron chi connectivity index (χ1n) is 4.72. The van der Waals surface area contributed by atoms with Crippen LogP contribution in [0.15, 0.2) is 12.1 Å². The molecule has 0 spiro atoms. The molecule has 0 aliphatic heterocycles. The molecule has 0 amide bonds. The van der Waals surface area contributed by atoms with E-state index < -0.39 is 0 Å². The Labute approximate surface area is 83.9 Å². The van der Waals surface area contributed by atoms with Crippen LogP contribution in [0.5, 0.6) is 5.75 Å². The Morgan fingerprint density at radius 2 is 2.14 bits per heavy atom. The van der Waals surface area contributed by atoms with Gasteiger partial charge < -0.3 is 10.5 Å². The Morgan fingerprint density at radius 3 is 2.71 bits per heavy atom. The number of methoxy groups -OCH3 is 1. The van der Waals surface area contributed by atoms with Crippen molar-refractivity contribution >= 4 is 0 Å². The second-order valence-corrected chi connectivity index (χ2v) is 3.26. The predicted molar refractivity (Wildman–Crippen MR) is 55.1 cm³/mol. The second kappa shape index (κ2) is 4.96. The number of hydrogen-bond donors (Lipinski definition) is 1. The van der Waals surface area contributed by atoms with Crippen LogP contribution >= 0.6 is 0 Å². The quantitative estimate of drug-likeness (QED) is 0.801. The largest absolute Gasteiger partial charge is 0.496 e. The third-order valence-corrected chi connectivity index (χ3v) is 2.28. The van der Waals surface area contributed by atoms with Crippen molar-refractivity contribution < 1.29 is 9.13 Å². The number of aryl methyl sites for hydroxylation is 1. The summed E-state index contributed by atoms with van der Waals surface area (Å²) in [5, 5.41) is 0. The molecule has 1 aromatic rings. The average molecular weight is 197 g/mol. The van der Waals surface area contributed by atoms with E-state index in [1.165, 1.54) is 6.07 Å². The Kier molecular flexibility index (Phi) is 3.89. The number of benzene rings is 1. The minimum absolute atomic E-state index is 0.224. The molecule has 0 bridgehead atoms. The molecule has 0 heterocycles. The lowest BCUT2D eigenvalue weighted by atomic mass is 10.0. The fraction of sp³-hybridized carbons (Fsp3) is 0.455. The van der Waals surface area contributed by atoms with E-state index in [9.17, 15) is 4.39 Å². The predicted octanol–water partition coefficient (Wildman–Crippen LogP) is 2.03. The summed E-state index contributed by atoms with van der Waals surface area (Å²) in [7, 11) is 1.56. The summed E-state index contributed by atoms with van der Waals surface area (Å²) >= 11 is 0. The molecule has 0 unspecified atom stereocenters. The summed E-state index contributed by atoms with van der Waals surface area (Å²) in [6.45, 7) is 2.36. The maximum Gasteiger partial charge on any atom is 0.129 e. The minimum atomic E-state index is -0.224. The normalized spacial score (nSPS) is 10.3. The van der Waals surface area contributed by atoms with E-state index >= 15 is 0 Å². The van der Waals surface area contributed by atoms with Gasteiger partial charge in [-0.2, -0.15) is 0 Å². The molecule has 0 aliphatic carbocycles. The van der Waals surface area contributed by atoms with Crippen molar-refractivity contribution in [3.8, 4) is 5.75 Å². The highest BCUT2D eigenvalue weighted by Gasteiger charge is 2.09. The van der Waals surface area contributed by atoms with Crippen LogP contribution in [0.3, 0.4) is 0 Å². The Balaban J connectivity index is 2.98. The summed E-state index contributed by atoms with van der Waals surface area (Å²) in [5.74, 6) is 0.428. The minimum Gasteiger partial charge on any atom is -0.496 e. The lowest BCUT2D eigenvalue weighted by Crippen LogP contribution is -2.03. The highest BCUT2D eigenvalue weighted by Crippen LogP contribution is 2.26. The van der Waals surface area contributed by atoms with Gasteiger partial charge in [-0.3, -0.25) is 0 Å². The second-order valence-electron chi connectivity index (χ2n) is 3.26. The fourth-order valence-electron chi connectivity index (χ4n) is 1.50. The van der Waals surface area contributed by atoms with Crippen molar-refractivity contribution in [2.45, 2.75) is 19.8 Å². The molecule has 1 aromatic carbocycles. The van der Waals surface area contributed by atoms with E-state index in [0.717, 1.165) is 18.4 Å². The highest BCUT2D eigenvalue weighted by atomic mass is 19.1. The number of rotatable bonds is 4. The van der Waals surface area contributed by atoms with Crippen molar-refractivity contribution in [1.82, 2.24) is 0 Å². The standard InChI is InChI=1S/C11H16FNO/c1-8-10(12)6-5-9(4-3-7-13)11(8)14-2/h5-6H,3-4,7,13H2,1-2H3. The molecule has 3 heteroatoms. The fourth-order valence-corrected chi connectivity index (χ4v) is 1.50. The molecule has 78 valence electrons. The summed E-state index contributed by atoms with van der Waals surface area (Å²) in [6.07, 6.45) is 1.72. The monoisotopic (exact) mass is 197 g/mol. The van der Waals surface area contributed by atoms with Crippen LogP contribution in [0.2, 0.25) is 0 Å². The maximum absolute atomic E-state index is 13.2. The molecule has 0 fully saturated rings. The Hall–Kier alpha value is -1.09. The Bertz CT molecular complexity index is 312. The number of nitrogens with two attached hydrogens (primary N) is 1. The van der Waals surface area contributed by atoms with Crippen LogP contribution in [0, 0.1) is 12.7 Å². The highest BCUT2D eigenvalue weighted by molar-refractivity contribution is 5.41. The first-order valence-corrected chi connectivity index (χ1v) is 4.72. The van der Waals surface area contributed by atoms with Crippen LogP contribution in [0.25, 0.3) is 0 Å². The van der Waals surface area contributed by atoms with E-state index in [1.54, 1.807) is 20.1 Å². The number of halogens is 1. The van der Waals surface area contributed by atoms with Crippen molar-refractivity contribution in [3.63, 3.8) is 0 Å². The van der Waals surface area contributed by atoms with E-state index in [1.807, 2.05) is 0 Å². The molecule has 2 nitrogen and oxygen atoms in total. The van der Waals surface area contributed by atoms with E-state index in [0.29, 0.717) is 17.9 Å². The molecule has 14 heavy (non-hydrogen) atoms. The summed E-state index contributed by atoms with van der Waals surface area (Å²) in [4.78, 5) is 0. The van der Waals surface area contributed by atoms with Crippen molar-refractivity contribution in [2.24, 2.45) is 5.73 Å². The molecule has 0 saturated carbocycles. The topological polar surface area (TPSA) is 35.2 Å². The van der Waals surface area contributed by atoms with Gasteiger partial charge in [0.15, 0.2) is 0 Å². The van der Waals surface area contributed by atoms with Gasteiger partial charge in [0.2, 0.25) is 0 Å². The van der Waals surface area contributed by atoms with Crippen LogP contribution in [-0.2, 0) is 6.42 Å². The van der Waals surface area contributed by atoms with Crippen LogP contribution in [0.1, 0.15) is 17.5 Å². The number of hydrogen-bond acceptors (Lipinski definition) is 2. The lowest BCUT2D eigenvalue weighted by molar-refractivity contribution is 0.401. The van der Waals surface area contributed by atoms with Crippen molar-refractivity contribution in [3.05, 3.63) is 29.1 Å². The molecule has 0 aromatic heterocycles. The molecule has 0 atom stereocenters. The lowest BCUT2D eigenvalue weighted by Gasteiger charge is -2.11. The zero-order valence-corrected chi connectivity index (χ0v) is 8.64. The number of ether oxygens (including phenoxy) is 1. The van der Waals surface area contributed by atoms with Crippen molar-refractivity contribution in [2.75, 3.05) is 13.7 Å². The van der Waals surface area contributed by atoms with Crippen molar-refractivity contribution in [1.29, 1.82) is 0 Å². The molecule has 0 radical (unpaired) electrons. The first kappa shape index (κ1) is 11.0. The molecular weight excluding hydrogens is 181 g/mol. The third kappa shape index (κ3) is 2.23.